The Labute approximate surface area is 102 Å². The van der Waals surface area contributed by atoms with E-state index < -0.39 is 5.97 Å². The normalized spacial score (nSPS) is 11.8. The summed E-state index contributed by atoms with van der Waals surface area (Å²) in [6.07, 6.45) is 5.95. The number of rotatable bonds is 6. The van der Waals surface area contributed by atoms with E-state index in [4.69, 9.17) is 11.5 Å². The Morgan fingerprint density at radius 2 is 2.12 bits per heavy atom. The minimum absolute atomic E-state index is 0.0569. The van der Waals surface area contributed by atoms with Gasteiger partial charge in [-0.25, -0.2) is 0 Å². The number of terminal acetylenes is 1. The maximum atomic E-state index is 10.7. The molecule has 0 saturated carbocycles. The number of benzene rings is 1. The first-order valence-electron chi connectivity index (χ1n) is 5.59. The highest BCUT2D eigenvalue weighted by Crippen LogP contribution is 2.10. The number of carboxylic acids is 1. The Kier molecular flexibility index (Phi) is 5.25. The van der Waals surface area contributed by atoms with Crippen molar-refractivity contribution in [2.24, 2.45) is 0 Å². The summed E-state index contributed by atoms with van der Waals surface area (Å²) in [7, 11) is 0. The molecule has 2 N–H and O–H groups in total. The van der Waals surface area contributed by atoms with Gasteiger partial charge in [0.2, 0.25) is 0 Å². The van der Waals surface area contributed by atoms with Crippen LogP contribution >= 0.6 is 0 Å². The third kappa shape index (κ3) is 4.71. The maximum Gasteiger partial charge on any atom is 0.307 e. The molecule has 3 heteroatoms. The van der Waals surface area contributed by atoms with Gasteiger partial charge < -0.3 is 10.4 Å². The van der Waals surface area contributed by atoms with E-state index in [2.05, 4.69) is 11.2 Å². The van der Waals surface area contributed by atoms with Crippen LogP contribution in [0.3, 0.4) is 0 Å². The molecule has 17 heavy (non-hydrogen) atoms. The molecule has 1 aromatic carbocycles. The lowest BCUT2D eigenvalue weighted by Crippen LogP contribution is -2.25. The molecule has 1 unspecified atom stereocenters. The molecule has 0 saturated heterocycles. The van der Waals surface area contributed by atoms with Crippen molar-refractivity contribution in [1.29, 1.82) is 0 Å². The van der Waals surface area contributed by atoms with Gasteiger partial charge in [-0.2, -0.15) is 0 Å². The van der Waals surface area contributed by atoms with E-state index in [0.29, 0.717) is 13.0 Å². The average Bonchev–Trinajstić information content (AvgIpc) is 2.27. The van der Waals surface area contributed by atoms with Crippen LogP contribution in [0.5, 0.6) is 0 Å². The fourth-order valence-corrected chi connectivity index (χ4v) is 1.60. The summed E-state index contributed by atoms with van der Waals surface area (Å²) in [5, 5.41) is 12.1. The zero-order valence-electron chi connectivity index (χ0n) is 9.94. The van der Waals surface area contributed by atoms with E-state index in [1.165, 1.54) is 0 Å². The molecule has 1 rings (SSSR count). The van der Waals surface area contributed by atoms with Crippen LogP contribution < -0.4 is 5.32 Å². The van der Waals surface area contributed by atoms with E-state index in [-0.39, 0.29) is 12.5 Å². The lowest BCUT2D eigenvalue weighted by molar-refractivity contribution is -0.136. The van der Waals surface area contributed by atoms with Crippen molar-refractivity contribution in [2.75, 3.05) is 0 Å². The summed E-state index contributed by atoms with van der Waals surface area (Å²) in [5.74, 6) is 1.78. The van der Waals surface area contributed by atoms with Gasteiger partial charge in [-0.05, 0) is 18.1 Å². The minimum Gasteiger partial charge on any atom is -0.481 e. The molecule has 0 radical (unpaired) electrons. The number of aliphatic carboxylic acids is 1. The molecular formula is C14H17NO2. The van der Waals surface area contributed by atoms with Crippen molar-refractivity contribution in [2.45, 2.75) is 32.4 Å². The molecule has 0 aliphatic carbocycles. The second kappa shape index (κ2) is 6.72. The van der Waals surface area contributed by atoms with Crippen LogP contribution in [0.1, 0.15) is 24.5 Å². The first kappa shape index (κ1) is 13.3. The van der Waals surface area contributed by atoms with E-state index in [1.807, 2.05) is 31.2 Å². The molecule has 0 aliphatic heterocycles. The second-order valence-electron chi connectivity index (χ2n) is 4.03. The molecule has 0 bridgehead atoms. The first-order chi connectivity index (χ1) is 8.13. The molecular weight excluding hydrogens is 214 g/mol. The highest BCUT2D eigenvalue weighted by Gasteiger charge is 2.07. The van der Waals surface area contributed by atoms with Gasteiger partial charge in [0.1, 0.15) is 0 Å². The van der Waals surface area contributed by atoms with Crippen molar-refractivity contribution in [3.8, 4) is 12.3 Å². The lowest BCUT2D eigenvalue weighted by atomic mass is 10.0. The monoisotopic (exact) mass is 231 g/mol. The van der Waals surface area contributed by atoms with E-state index in [1.54, 1.807) is 0 Å². The van der Waals surface area contributed by atoms with Gasteiger partial charge in [0.05, 0.1) is 6.42 Å². The van der Waals surface area contributed by atoms with E-state index >= 15 is 0 Å². The van der Waals surface area contributed by atoms with Crippen molar-refractivity contribution in [1.82, 2.24) is 5.32 Å². The summed E-state index contributed by atoms with van der Waals surface area (Å²) in [6, 6.07) is 7.78. The van der Waals surface area contributed by atoms with Gasteiger partial charge in [-0.15, -0.1) is 12.3 Å². The van der Waals surface area contributed by atoms with E-state index in [9.17, 15) is 4.79 Å². The number of nitrogens with one attached hydrogen (secondary N) is 1. The van der Waals surface area contributed by atoms with Crippen LogP contribution in [0, 0.1) is 12.3 Å². The summed E-state index contributed by atoms with van der Waals surface area (Å²) in [5.41, 5.74) is 1.86. The molecule has 0 fully saturated rings. The Bertz CT molecular complexity index is 420. The fraction of sp³-hybridized carbons (Fsp3) is 0.357. The van der Waals surface area contributed by atoms with Crippen molar-refractivity contribution in [3.05, 3.63) is 35.4 Å². The molecule has 0 aliphatic rings. The smallest absolute Gasteiger partial charge is 0.307 e. The predicted octanol–water partition coefficient (Wildman–Crippen LogP) is 1.82. The van der Waals surface area contributed by atoms with Gasteiger partial charge in [0.15, 0.2) is 0 Å². The first-order valence-corrected chi connectivity index (χ1v) is 5.59. The minimum atomic E-state index is -0.811. The lowest BCUT2D eigenvalue weighted by Gasteiger charge is -2.13. The zero-order valence-corrected chi connectivity index (χ0v) is 9.94. The fourth-order valence-electron chi connectivity index (χ4n) is 1.60. The van der Waals surface area contributed by atoms with Gasteiger partial charge in [-0.3, -0.25) is 4.79 Å². The van der Waals surface area contributed by atoms with Crippen LogP contribution in [0.2, 0.25) is 0 Å². The van der Waals surface area contributed by atoms with Gasteiger partial charge in [0.25, 0.3) is 0 Å². The molecule has 90 valence electrons. The van der Waals surface area contributed by atoms with Crippen LogP contribution in [-0.2, 0) is 17.8 Å². The summed E-state index contributed by atoms with van der Waals surface area (Å²) in [6.45, 7) is 2.66. The average molecular weight is 231 g/mol. The van der Waals surface area contributed by atoms with Crippen molar-refractivity contribution >= 4 is 5.97 Å². The molecule has 0 amide bonds. The highest BCUT2D eigenvalue weighted by atomic mass is 16.4. The predicted molar refractivity (Wildman–Crippen MR) is 67.5 cm³/mol. The van der Waals surface area contributed by atoms with Gasteiger partial charge >= 0.3 is 5.97 Å². The molecule has 0 spiro atoms. The second-order valence-corrected chi connectivity index (χ2v) is 4.03. The Morgan fingerprint density at radius 3 is 2.71 bits per heavy atom. The molecule has 1 atom stereocenters. The Morgan fingerprint density at radius 1 is 1.47 bits per heavy atom. The standard InChI is InChI=1S/C14H17NO2/c1-3-6-11(2)15-10-13-8-5-4-7-12(13)9-14(16)17/h1,4-5,7-8,11,15H,6,9-10H2,2H3,(H,16,17). The number of hydrogen-bond donors (Lipinski definition) is 2. The highest BCUT2D eigenvalue weighted by molar-refractivity contribution is 5.70. The summed E-state index contributed by atoms with van der Waals surface area (Å²) >= 11 is 0. The molecule has 3 nitrogen and oxygen atoms in total. The van der Waals surface area contributed by atoms with Crippen LogP contribution in [-0.4, -0.2) is 17.1 Å². The van der Waals surface area contributed by atoms with Gasteiger partial charge in [0, 0.05) is 19.0 Å². The topological polar surface area (TPSA) is 49.3 Å². The number of carboxylic acid groups (broad SMARTS) is 1. The largest absolute Gasteiger partial charge is 0.481 e. The molecule has 0 aromatic heterocycles. The molecule has 0 heterocycles. The summed E-state index contributed by atoms with van der Waals surface area (Å²) in [4.78, 5) is 10.7. The SMILES string of the molecule is C#CCC(C)NCc1ccccc1CC(=O)O. The zero-order chi connectivity index (χ0) is 12.7. The number of carbonyl (C=O) groups is 1. The van der Waals surface area contributed by atoms with Crippen LogP contribution in [0.4, 0.5) is 0 Å². The van der Waals surface area contributed by atoms with Crippen molar-refractivity contribution in [3.63, 3.8) is 0 Å². The molecule has 1 aromatic rings. The Hall–Kier alpha value is -1.79. The van der Waals surface area contributed by atoms with Gasteiger partial charge in [-0.1, -0.05) is 24.3 Å². The Balaban J connectivity index is 2.64. The van der Waals surface area contributed by atoms with Crippen LogP contribution in [0.15, 0.2) is 24.3 Å². The van der Waals surface area contributed by atoms with Crippen molar-refractivity contribution < 1.29 is 9.90 Å². The van der Waals surface area contributed by atoms with E-state index in [0.717, 1.165) is 11.1 Å². The summed E-state index contributed by atoms with van der Waals surface area (Å²) < 4.78 is 0. The maximum absolute atomic E-state index is 10.7. The number of hydrogen-bond acceptors (Lipinski definition) is 2. The quantitative estimate of drug-likeness (QED) is 0.734. The third-order valence-electron chi connectivity index (χ3n) is 2.53. The third-order valence-corrected chi connectivity index (χ3v) is 2.53. The van der Waals surface area contributed by atoms with Crippen LogP contribution in [0.25, 0.3) is 0 Å².